The Hall–Kier alpha value is -3.25. The van der Waals surface area contributed by atoms with Crippen molar-refractivity contribution in [3.8, 4) is 11.1 Å². The molecular formula is C23H21N3O2S. The minimum absolute atomic E-state index is 0.0480. The van der Waals surface area contributed by atoms with E-state index in [0.29, 0.717) is 16.8 Å². The smallest absolute Gasteiger partial charge is 0.263 e. The summed E-state index contributed by atoms with van der Waals surface area (Å²) in [5.41, 5.74) is 3.55. The summed E-state index contributed by atoms with van der Waals surface area (Å²) in [5.74, 6) is -0.141. The monoisotopic (exact) mass is 403 g/mol. The molecule has 4 rings (SSSR count). The number of amides is 1. The second-order valence-electron chi connectivity index (χ2n) is 6.85. The highest BCUT2D eigenvalue weighted by Gasteiger charge is 2.18. The summed E-state index contributed by atoms with van der Waals surface area (Å²) in [6, 6.07) is 17.6. The average molecular weight is 404 g/mol. The van der Waals surface area contributed by atoms with Crippen molar-refractivity contribution in [3.63, 3.8) is 0 Å². The van der Waals surface area contributed by atoms with E-state index in [-0.39, 0.29) is 18.0 Å². The number of carbonyl (C=O) groups is 1. The summed E-state index contributed by atoms with van der Waals surface area (Å²) in [7, 11) is 0. The molecule has 0 atom stereocenters. The molecule has 4 aromatic rings. The van der Waals surface area contributed by atoms with Gasteiger partial charge in [-0.3, -0.25) is 14.2 Å². The number of fused-ring (bicyclic) bond motifs is 1. The van der Waals surface area contributed by atoms with Gasteiger partial charge in [-0.05, 0) is 37.1 Å². The maximum Gasteiger partial charge on any atom is 0.263 e. The predicted octanol–water partition coefficient (Wildman–Crippen LogP) is 4.49. The van der Waals surface area contributed by atoms with Gasteiger partial charge in [0.15, 0.2) is 0 Å². The first-order valence-corrected chi connectivity index (χ1v) is 10.4. The number of thiophene rings is 1. The number of hydrogen-bond acceptors (Lipinski definition) is 4. The zero-order chi connectivity index (χ0) is 20.4. The Morgan fingerprint density at radius 2 is 1.93 bits per heavy atom. The van der Waals surface area contributed by atoms with E-state index in [1.807, 2.05) is 73.8 Å². The molecule has 6 heteroatoms. The van der Waals surface area contributed by atoms with Crippen LogP contribution in [0, 0.1) is 6.92 Å². The highest BCUT2D eigenvalue weighted by atomic mass is 32.1. The number of likely N-dealkylation sites (N-methyl/N-ethyl adjacent to an activating group) is 1. The maximum atomic E-state index is 13.2. The van der Waals surface area contributed by atoms with Crippen LogP contribution >= 0.6 is 11.3 Å². The Bertz CT molecular complexity index is 1230. The Kier molecular flexibility index (Phi) is 5.27. The van der Waals surface area contributed by atoms with Crippen molar-refractivity contribution in [1.29, 1.82) is 0 Å². The zero-order valence-electron chi connectivity index (χ0n) is 16.3. The van der Waals surface area contributed by atoms with Gasteiger partial charge in [0.2, 0.25) is 5.91 Å². The van der Waals surface area contributed by atoms with E-state index in [1.54, 1.807) is 4.90 Å². The Morgan fingerprint density at radius 3 is 2.66 bits per heavy atom. The second-order valence-corrected chi connectivity index (χ2v) is 7.71. The van der Waals surface area contributed by atoms with Gasteiger partial charge in [0.1, 0.15) is 11.4 Å². The van der Waals surface area contributed by atoms with Crippen LogP contribution < -0.4 is 10.5 Å². The van der Waals surface area contributed by atoms with Crippen molar-refractivity contribution in [2.45, 2.75) is 20.4 Å². The first-order valence-electron chi connectivity index (χ1n) is 9.47. The lowest BCUT2D eigenvalue weighted by molar-refractivity contribution is -0.119. The third kappa shape index (κ3) is 3.71. The van der Waals surface area contributed by atoms with Crippen LogP contribution in [0.3, 0.4) is 0 Å². The van der Waals surface area contributed by atoms with Crippen molar-refractivity contribution in [1.82, 2.24) is 9.55 Å². The van der Waals surface area contributed by atoms with E-state index in [1.165, 1.54) is 22.2 Å². The molecule has 0 radical (unpaired) electrons. The van der Waals surface area contributed by atoms with Crippen LogP contribution in [-0.2, 0) is 11.3 Å². The molecule has 0 saturated heterocycles. The molecule has 2 heterocycles. The number of hydrogen-bond donors (Lipinski definition) is 0. The molecule has 0 N–H and O–H groups in total. The summed E-state index contributed by atoms with van der Waals surface area (Å²) in [4.78, 5) is 33.0. The molecule has 2 aromatic carbocycles. The molecule has 0 unspecified atom stereocenters. The van der Waals surface area contributed by atoms with Gasteiger partial charge < -0.3 is 4.90 Å². The number of aromatic nitrogens is 2. The highest BCUT2D eigenvalue weighted by molar-refractivity contribution is 7.17. The van der Waals surface area contributed by atoms with Crippen molar-refractivity contribution in [2.24, 2.45) is 0 Å². The maximum absolute atomic E-state index is 13.2. The largest absolute Gasteiger partial charge is 0.311 e. The lowest BCUT2D eigenvalue weighted by atomic mass is 10.1. The van der Waals surface area contributed by atoms with Crippen molar-refractivity contribution < 1.29 is 4.79 Å². The lowest BCUT2D eigenvalue weighted by Gasteiger charge is -2.22. The van der Waals surface area contributed by atoms with E-state index in [0.717, 1.165) is 22.4 Å². The molecule has 146 valence electrons. The van der Waals surface area contributed by atoms with Crippen LogP contribution in [0.2, 0.25) is 0 Å². The number of carbonyl (C=O) groups excluding carboxylic acids is 1. The summed E-state index contributed by atoms with van der Waals surface area (Å²) >= 11 is 1.44. The fourth-order valence-corrected chi connectivity index (χ4v) is 4.35. The van der Waals surface area contributed by atoms with Crippen molar-refractivity contribution >= 4 is 33.1 Å². The Labute approximate surface area is 172 Å². The second kappa shape index (κ2) is 8.01. The predicted molar refractivity (Wildman–Crippen MR) is 119 cm³/mol. The van der Waals surface area contributed by atoms with Gasteiger partial charge in [-0.25, -0.2) is 4.98 Å². The zero-order valence-corrected chi connectivity index (χ0v) is 17.1. The highest BCUT2D eigenvalue weighted by Crippen LogP contribution is 2.30. The number of benzene rings is 2. The molecular weight excluding hydrogens is 382 g/mol. The van der Waals surface area contributed by atoms with Crippen LogP contribution in [-0.4, -0.2) is 22.0 Å². The summed E-state index contributed by atoms with van der Waals surface area (Å²) in [5, 5.41) is 2.51. The number of rotatable bonds is 5. The fraction of sp³-hybridized carbons (Fsp3) is 0.174. The first-order chi connectivity index (χ1) is 14.1. The van der Waals surface area contributed by atoms with E-state index in [9.17, 15) is 9.59 Å². The Morgan fingerprint density at radius 1 is 1.14 bits per heavy atom. The van der Waals surface area contributed by atoms with E-state index >= 15 is 0 Å². The molecule has 2 aromatic heterocycles. The summed E-state index contributed by atoms with van der Waals surface area (Å²) in [6.07, 6.45) is 1.47. The van der Waals surface area contributed by atoms with E-state index in [2.05, 4.69) is 4.98 Å². The minimum atomic E-state index is -0.191. The van der Waals surface area contributed by atoms with Crippen LogP contribution in [0.25, 0.3) is 21.3 Å². The van der Waals surface area contributed by atoms with Crippen LogP contribution in [0.1, 0.15) is 12.5 Å². The fourth-order valence-electron chi connectivity index (χ4n) is 3.44. The quantitative estimate of drug-likeness (QED) is 0.493. The molecule has 1 amide bonds. The van der Waals surface area contributed by atoms with Gasteiger partial charge >= 0.3 is 0 Å². The third-order valence-electron chi connectivity index (χ3n) is 4.88. The van der Waals surface area contributed by atoms with Gasteiger partial charge in [0, 0.05) is 23.2 Å². The van der Waals surface area contributed by atoms with E-state index in [4.69, 9.17) is 0 Å². The third-order valence-corrected chi connectivity index (χ3v) is 5.77. The van der Waals surface area contributed by atoms with E-state index < -0.39 is 0 Å². The molecule has 5 nitrogen and oxygen atoms in total. The standard InChI is InChI=1S/C23H21N3O2S/c1-3-26(18-11-7-8-16(2)12-18)20(27)13-25-15-24-22-21(23(25)28)19(14-29-22)17-9-5-4-6-10-17/h4-12,14-15H,3,13H2,1-2H3. The van der Waals surface area contributed by atoms with Crippen LogP contribution in [0.5, 0.6) is 0 Å². The van der Waals surface area contributed by atoms with Crippen molar-refractivity contribution in [2.75, 3.05) is 11.4 Å². The number of aryl methyl sites for hydroxylation is 1. The molecule has 0 bridgehead atoms. The lowest BCUT2D eigenvalue weighted by Crippen LogP contribution is -2.36. The molecule has 0 saturated carbocycles. The average Bonchev–Trinajstić information content (AvgIpc) is 3.16. The minimum Gasteiger partial charge on any atom is -0.311 e. The van der Waals surface area contributed by atoms with Crippen molar-refractivity contribution in [3.05, 3.63) is 82.2 Å². The Balaban J connectivity index is 1.70. The van der Waals surface area contributed by atoms with Gasteiger partial charge in [-0.1, -0.05) is 42.5 Å². The normalized spacial score (nSPS) is 11.0. The van der Waals surface area contributed by atoms with Crippen LogP contribution in [0.4, 0.5) is 5.69 Å². The molecule has 0 spiro atoms. The topological polar surface area (TPSA) is 55.2 Å². The van der Waals surface area contributed by atoms with Gasteiger partial charge in [-0.2, -0.15) is 0 Å². The number of nitrogens with zero attached hydrogens (tertiary/aromatic N) is 3. The summed E-state index contributed by atoms with van der Waals surface area (Å²) in [6.45, 7) is 4.40. The SMILES string of the molecule is CCN(C(=O)Cn1cnc2scc(-c3ccccc3)c2c1=O)c1cccc(C)c1. The number of anilines is 1. The van der Waals surface area contributed by atoms with Crippen LogP contribution in [0.15, 0.2) is 71.1 Å². The summed E-state index contributed by atoms with van der Waals surface area (Å²) < 4.78 is 1.41. The molecule has 0 fully saturated rings. The molecule has 0 aliphatic carbocycles. The molecule has 0 aliphatic rings. The molecule has 0 aliphatic heterocycles. The van der Waals surface area contributed by atoms with Gasteiger partial charge in [0.05, 0.1) is 11.7 Å². The van der Waals surface area contributed by atoms with Gasteiger partial charge in [0.25, 0.3) is 5.56 Å². The molecule has 29 heavy (non-hydrogen) atoms. The van der Waals surface area contributed by atoms with Gasteiger partial charge in [-0.15, -0.1) is 11.3 Å². The first kappa shape index (κ1) is 19.1.